The average molecular weight is 391 g/mol. The monoisotopic (exact) mass is 391 g/mol. The van der Waals surface area contributed by atoms with Crippen molar-refractivity contribution in [3.05, 3.63) is 53.9 Å². The van der Waals surface area contributed by atoms with Crippen LogP contribution < -0.4 is 14.8 Å². The number of rotatable bonds is 8. The van der Waals surface area contributed by atoms with E-state index in [2.05, 4.69) is 10.3 Å². The second kappa shape index (κ2) is 8.36. The van der Waals surface area contributed by atoms with E-state index in [0.717, 1.165) is 17.4 Å². The first-order chi connectivity index (χ1) is 12.9. The number of hydrogen-bond acceptors (Lipinski definition) is 6. The van der Waals surface area contributed by atoms with Crippen LogP contribution in [-0.2, 0) is 27.9 Å². The number of pyridine rings is 1. The molecular formula is C18H21N3O5S. The maximum atomic E-state index is 12.1. The number of sulfonamides is 1. The summed E-state index contributed by atoms with van der Waals surface area (Å²) in [5, 5.41) is 2.79. The van der Waals surface area contributed by atoms with Gasteiger partial charge in [-0.3, -0.25) is 9.78 Å². The molecule has 144 valence electrons. The van der Waals surface area contributed by atoms with E-state index in [-0.39, 0.29) is 32.2 Å². The van der Waals surface area contributed by atoms with Crippen LogP contribution in [0.2, 0.25) is 0 Å². The highest BCUT2D eigenvalue weighted by Crippen LogP contribution is 2.32. The molecule has 0 saturated carbocycles. The minimum Gasteiger partial charge on any atom is -0.454 e. The number of amides is 1. The number of nitrogens with zero attached hydrogens (tertiary/aromatic N) is 2. The maximum absolute atomic E-state index is 12.1. The topological polar surface area (TPSA) is 97.8 Å². The van der Waals surface area contributed by atoms with Crippen LogP contribution >= 0.6 is 0 Å². The Balaban J connectivity index is 1.51. The number of hydrogen-bond donors (Lipinski definition) is 1. The Morgan fingerprint density at radius 3 is 2.63 bits per heavy atom. The van der Waals surface area contributed by atoms with E-state index in [9.17, 15) is 13.2 Å². The molecule has 1 aromatic carbocycles. The fraction of sp³-hybridized carbons (Fsp3) is 0.333. The molecule has 1 aliphatic rings. The van der Waals surface area contributed by atoms with Crippen LogP contribution in [0.1, 0.15) is 17.5 Å². The van der Waals surface area contributed by atoms with Gasteiger partial charge in [0, 0.05) is 38.4 Å². The van der Waals surface area contributed by atoms with Gasteiger partial charge in [0.1, 0.15) is 0 Å². The van der Waals surface area contributed by atoms with Crippen LogP contribution in [0.25, 0.3) is 0 Å². The Morgan fingerprint density at radius 1 is 1.15 bits per heavy atom. The largest absolute Gasteiger partial charge is 0.454 e. The number of nitrogens with one attached hydrogen (secondary N) is 1. The number of carbonyl (C=O) groups excluding carboxylic acids is 1. The van der Waals surface area contributed by atoms with Crippen molar-refractivity contribution in [3.8, 4) is 11.5 Å². The Labute approximate surface area is 158 Å². The third kappa shape index (κ3) is 5.41. The molecule has 0 unspecified atom stereocenters. The van der Waals surface area contributed by atoms with Crippen molar-refractivity contribution in [2.24, 2.45) is 0 Å². The van der Waals surface area contributed by atoms with Crippen LogP contribution in [0.15, 0.2) is 42.7 Å². The van der Waals surface area contributed by atoms with Crippen LogP contribution in [0, 0.1) is 0 Å². The number of aromatic nitrogens is 1. The molecule has 0 aliphatic carbocycles. The van der Waals surface area contributed by atoms with Gasteiger partial charge in [0.15, 0.2) is 11.5 Å². The van der Waals surface area contributed by atoms with E-state index < -0.39 is 10.0 Å². The van der Waals surface area contributed by atoms with Crippen LogP contribution in [0.5, 0.6) is 11.5 Å². The molecule has 2 aromatic rings. The number of carbonyl (C=O) groups is 1. The molecule has 0 saturated heterocycles. The van der Waals surface area contributed by atoms with Crippen LogP contribution in [0.4, 0.5) is 0 Å². The predicted octanol–water partition coefficient (Wildman–Crippen LogP) is 1.28. The van der Waals surface area contributed by atoms with E-state index in [1.807, 2.05) is 12.1 Å². The normalized spacial score (nSPS) is 13.0. The van der Waals surface area contributed by atoms with Crippen LogP contribution in [0.3, 0.4) is 0 Å². The molecule has 0 atom stereocenters. The Kier molecular flexibility index (Phi) is 5.92. The molecule has 1 N–H and O–H groups in total. The molecule has 0 radical (unpaired) electrons. The summed E-state index contributed by atoms with van der Waals surface area (Å²) in [6.45, 7) is 0.841. The number of benzene rings is 1. The van der Waals surface area contributed by atoms with Gasteiger partial charge in [0.2, 0.25) is 22.7 Å². The van der Waals surface area contributed by atoms with Crippen molar-refractivity contribution in [1.82, 2.24) is 14.6 Å². The van der Waals surface area contributed by atoms with Crippen molar-refractivity contribution < 1.29 is 22.7 Å². The average Bonchev–Trinajstić information content (AvgIpc) is 3.11. The molecule has 1 aromatic heterocycles. The predicted molar refractivity (Wildman–Crippen MR) is 98.5 cm³/mol. The highest BCUT2D eigenvalue weighted by atomic mass is 32.2. The number of ether oxygens (including phenoxy) is 2. The Hall–Kier alpha value is -2.65. The standard InChI is InChI=1S/C18H21N3O5S/c1-27(23,24)21(12-14-4-7-19-8-5-14)9-6-18(22)20-11-15-2-3-16-17(10-15)26-13-25-16/h2-5,7-8,10H,6,9,11-13H2,1H3,(H,20,22). The quantitative estimate of drug-likeness (QED) is 0.728. The first kappa shape index (κ1) is 19.1. The molecule has 2 heterocycles. The minimum absolute atomic E-state index is 0.0721. The van der Waals surface area contributed by atoms with E-state index >= 15 is 0 Å². The van der Waals surface area contributed by atoms with Gasteiger partial charge in [0.25, 0.3) is 0 Å². The zero-order valence-corrected chi connectivity index (χ0v) is 15.7. The molecular weight excluding hydrogens is 370 g/mol. The minimum atomic E-state index is -3.43. The van der Waals surface area contributed by atoms with Gasteiger partial charge in [-0.1, -0.05) is 6.07 Å². The van der Waals surface area contributed by atoms with Crippen molar-refractivity contribution in [3.63, 3.8) is 0 Å². The lowest BCUT2D eigenvalue weighted by atomic mass is 10.2. The lowest BCUT2D eigenvalue weighted by Crippen LogP contribution is -2.34. The molecule has 9 heteroatoms. The molecule has 1 amide bonds. The maximum Gasteiger partial charge on any atom is 0.231 e. The zero-order valence-electron chi connectivity index (χ0n) is 14.9. The fourth-order valence-electron chi connectivity index (χ4n) is 2.62. The summed E-state index contributed by atoms with van der Waals surface area (Å²) in [6, 6.07) is 8.95. The Bertz CT molecular complexity index is 902. The lowest BCUT2D eigenvalue weighted by Gasteiger charge is -2.19. The smallest absolute Gasteiger partial charge is 0.231 e. The second-order valence-electron chi connectivity index (χ2n) is 6.17. The van der Waals surface area contributed by atoms with Gasteiger partial charge >= 0.3 is 0 Å². The summed E-state index contributed by atoms with van der Waals surface area (Å²) >= 11 is 0. The van der Waals surface area contributed by atoms with Crippen molar-refractivity contribution in [2.75, 3.05) is 19.6 Å². The summed E-state index contributed by atoms with van der Waals surface area (Å²) in [4.78, 5) is 16.1. The van der Waals surface area contributed by atoms with E-state index in [0.29, 0.717) is 18.0 Å². The van der Waals surface area contributed by atoms with Gasteiger partial charge in [-0.05, 0) is 35.4 Å². The first-order valence-electron chi connectivity index (χ1n) is 8.41. The summed E-state index contributed by atoms with van der Waals surface area (Å²) in [6.07, 6.45) is 4.42. The third-order valence-electron chi connectivity index (χ3n) is 4.09. The SMILES string of the molecule is CS(=O)(=O)N(CCC(=O)NCc1ccc2c(c1)OCO2)Cc1ccncc1. The molecule has 1 aliphatic heterocycles. The first-order valence-corrected chi connectivity index (χ1v) is 10.3. The molecule has 27 heavy (non-hydrogen) atoms. The van der Waals surface area contributed by atoms with Crippen molar-refractivity contribution in [2.45, 2.75) is 19.5 Å². The van der Waals surface area contributed by atoms with E-state index in [1.54, 1.807) is 30.6 Å². The molecule has 3 rings (SSSR count). The summed E-state index contributed by atoms with van der Waals surface area (Å²) < 4.78 is 35.8. The van der Waals surface area contributed by atoms with Gasteiger partial charge in [-0.15, -0.1) is 0 Å². The highest BCUT2D eigenvalue weighted by molar-refractivity contribution is 7.88. The van der Waals surface area contributed by atoms with Crippen molar-refractivity contribution >= 4 is 15.9 Å². The molecule has 0 spiro atoms. The Morgan fingerprint density at radius 2 is 1.89 bits per heavy atom. The van der Waals surface area contributed by atoms with Gasteiger partial charge < -0.3 is 14.8 Å². The van der Waals surface area contributed by atoms with Gasteiger partial charge in [0.05, 0.1) is 6.26 Å². The number of fused-ring (bicyclic) bond motifs is 1. The second-order valence-corrected chi connectivity index (χ2v) is 8.15. The van der Waals surface area contributed by atoms with E-state index in [1.165, 1.54) is 4.31 Å². The molecule has 0 fully saturated rings. The lowest BCUT2D eigenvalue weighted by molar-refractivity contribution is -0.121. The third-order valence-corrected chi connectivity index (χ3v) is 5.34. The van der Waals surface area contributed by atoms with Gasteiger partial charge in [-0.2, -0.15) is 4.31 Å². The zero-order chi connectivity index (χ0) is 19.3. The van der Waals surface area contributed by atoms with E-state index in [4.69, 9.17) is 9.47 Å². The van der Waals surface area contributed by atoms with Gasteiger partial charge in [-0.25, -0.2) is 8.42 Å². The van der Waals surface area contributed by atoms with Crippen molar-refractivity contribution in [1.29, 1.82) is 0 Å². The molecule has 8 nitrogen and oxygen atoms in total. The summed E-state index contributed by atoms with van der Waals surface area (Å²) in [7, 11) is -3.43. The highest BCUT2D eigenvalue weighted by Gasteiger charge is 2.18. The molecule has 0 bridgehead atoms. The van der Waals surface area contributed by atoms with Crippen LogP contribution in [-0.4, -0.2) is 43.2 Å². The summed E-state index contributed by atoms with van der Waals surface area (Å²) in [5.41, 5.74) is 1.69. The summed E-state index contributed by atoms with van der Waals surface area (Å²) in [5.74, 6) is 1.11. The fourth-order valence-corrected chi connectivity index (χ4v) is 3.43.